The Hall–Kier alpha value is -2.30. The summed E-state index contributed by atoms with van der Waals surface area (Å²) in [6.07, 6.45) is 8.78. The number of unbranched alkanes of at least 4 members (excludes halogenated alkanes) is 5. The van der Waals surface area contributed by atoms with Crippen LogP contribution in [0.2, 0.25) is 0 Å². The largest absolute Gasteiger partial charge is 0.493 e. The Kier molecular flexibility index (Phi) is 10.2. The number of amidine groups is 1. The number of amides is 1. The van der Waals surface area contributed by atoms with Gasteiger partial charge in [0.05, 0.1) is 18.6 Å². The average molecular weight is 537 g/mol. The number of nitrogens with zero attached hydrogens (tertiary/aromatic N) is 2. The molecule has 1 aromatic heterocycles. The van der Waals surface area contributed by atoms with E-state index in [4.69, 9.17) is 9.47 Å². The van der Waals surface area contributed by atoms with Crippen LogP contribution in [-0.2, 0) is 14.8 Å². The number of methoxy groups -OCH3 is 1. The molecule has 1 amide bonds. The van der Waals surface area contributed by atoms with Gasteiger partial charge in [-0.15, -0.1) is 15.7 Å². The second-order valence-electron chi connectivity index (χ2n) is 7.97. The lowest BCUT2D eigenvalue weighted by atomic mass is 10.1. The molecule has 190 valence electrons. The van der Waals surface area contributed by atoms with Gasteiger partial charge in [0, 0.05) is 6.54 Å². The first-order valence-corrected chi connectivity index (χ1v) is 14.9. The van der Waals surface area contributed by atoms with Crippen LogP contribution >= 0.6 is 23.1 Å². The van der Waals surface area contributed by atoms with Crippen molar-refractivity contribution in [1.82, 2.24) is 4.90 Å². The predicted molar refractivity (Wildman–Crippen MR) is 144 cm³/mol. The highest BCUT2D eigenvalue weighted by Gasteiger charge is 2.34. The third-order valence-corrected chi connectivity index (χ3v) is 9.15. The smallest absolute Gasteiger partial charge is 0.294 e. The minimum Gasteiger partial charge on any atom is -0.493 e. The van der Waals surface area contributed by atoms with Crippen molar-refractivity contribution in [3.05, 3.63) is 46.2 Å². The molecule has 1 fully saturated rings. The lowest BCUT2D eigenvalue weighted by molar-refractivity contribution is -0.122. The zero-order chi connectivity index (χ0) is 25.3. The third kappa shape index (κ3) is 7.35. The zero-order valence-corrected chi connectivity index (χ0v) is 22.8. The van der Waals surface area contributed by atoms with E-state index in [2.05, 4.69) is 11.3 Å². The van der Waals surface area contributed by atoms with E-state index in [9.17, 15) is 13.2 Å². The summed E-state index contributed by atoms with van der Waals surface area (Å²) in [5.41, 5.74) is 0.762. The number of thiophene rings is 1. The minimum absolute atomic E-state index is 0.147. The number of hydrogen-bond acceptors (Lipinski definition) is 7. The van der Waals surface area contributed by atoms with Crippen molar-refractivity contribution >= 4 is 50.3 Å². The molecule has 0 radical (unpaired) electrons. The van der Waals surface area contributed by atoms with E-state index >= 15 is 0 Å². The number of carbonyl (C=O) groups excluding carboxylic acids is 1. The normalized spacial score (nSPS) is 16.4. The standard InChI is InChI=1S/C25H32N2O5S3/c1-4-6-7-8-9-10-15-32-21-17-19(13-14-20(21)31-3)18-22-24(28)27(5-2)25(34-22)26-35(29,30)23-12-11-16-33-23/h11-14,16-18H,4-10,15H2,1-3H3. The molecule has 0 atom stereocenters. The lowest BCUT2D eigenvalue weighted by Gasteiger charge is -2.12. The highest BCUT2D eigenvalue weighted by Crippen LogP contribution is 2.35. The summed E-state index contributed by atoms with van der Waals surface area (Å²) < 4.78 is 40.7. The van der Waals surface area contributed by atoms with Gasteiger partial charge in [-0.05, 0) is 60.3 Å². The van der Waals surface area contributed by atoms with Gasteiger partial charge in [-0.2, -0.15) is 8.42 Å². The van der Waals surface area contributed by atoms with Gasteiger partial charge in [0.15, 0.2) is 16.7 Å². The Bertz CT molecular complexity index is 1160. The maximum atomic E-state index is 13.0. The number of carbonyl (C=O) groups is 1. The molecule has 2 aromatic rings. The highest BCUT2D eigenvalue weighted by atomic mass is 32.2. The van der Waals surface area contributed by atoms with E-state index in [1.165, 1.54) is 36.6 Å². The summed E-state index contributed by atoms with van der Waals surface area (Å²) in [6, 6.07) is 8.64. The Balaban J connectivity index is 1.75. The van der Waals surface area contributed by atoms with Gasteiger partial charge < -0.3 is 9.47 Å². The van der Waals surface area contributed by atoms with Crippen LogP contribution in [0.25, 0.3) is 6.08 Å². The Morgan fingerprint density at radius 2 is 1.83 bits per heavy atom. The van der Waals surface area contributed by atoms with Crippen LogP contribution in [0.15, 0.2) is 49.2 Å². The second-order valence-corrected chi connectivity index (χ2v) is 11.8. The van der Waals surface area contributed by atoms with Gasteiger partial charge in [-0.1, -0.05) is 51.2 Å². The summed E-state index contributed by atoms with van der Waals surface area (Å²) in [4.78, 5) is 14.7. The number of benzene rings is 1. The molecule has 1 saturated heterocycles. The molecule has 0 aliphatic carbocycles. The lowest BCUT2D eigenvalue weighted by Crippen LogP contribution is -2.29. The molecule has 3 rings (SSSR count). The molecule has 0 unspecified atom stereocenters. The molecule has 10 heteroatoms. The first kappa shape index (κ1) is 27.3. The summed E-state index contributed by atoms with van der Waals surface area (Å²) in [7, 11) is -2.28. The number of hydrogen-bond donors (Lipinski definition) is 0. The molecule has 2 heterocycles. The van der Waals surface area contributed by atoms with Gasteiger partial charge in [-0.3, -0.25) is 9.69 Å². The summed E-state index contributed by atoms with van der Waals surface area (Å²) in [6.45, 7) is 4.90. The molecule has 0 saturated carbocycles. The molecular weight excluding hydrogens is 504 g/mol. The fourth-order valence-corrected chi connectivity index (χ4v) is 6.74. The summed E-state index contributed by atoms with van der Waals surface area (Å²) in [5.74, 6) is 0.971. The maximum Gasteiger partial charge on any atom is 0.294 e. The quantitative estimate of drug-likeness (QED) is 0.225. The van der Waals surface area contributed by atoms with Crippen molar-refractivity contribution in [2.45, 2.75) is 56.6 Å². The van der Waals surface area contributed by atoms with Crippen LogP contribution in [0.5, 0.6) is 11.5 Å². The van der Waals surface area contributed by atoms with Crippen LogP contribution in [0.1, 0.15) is 57.9 Å². The zero-order valence-electron chi connectivity index (χ0n) is 20.4. The average Bonchev–Trinajstić information content (AvgIpc) is 3.48. The Morgan fingerprint density at radius 3 is 2.51 bits per heavy atom. The molecule has 1 aliphatic rings. The van der Waals surface area contributed by atoms with E-state index in [1.54, 1.807) is 37.6 Å². The van der Waals surface area contributed by atoms with E-state index in [-0.39, 0.29) is 15.3 Å². The third-order valence-electron chi connectivity index (χ3n) is 5.39. The molecule has 1 aromatic carbocycles. The highest BCUT2D eigenvalue weighted by molar-refractivity contribution is 8.19. The Morgan fingerprint density at radius 1 is 1.06 bits per heavy atom. The number of sulfonamides is 1. The Labute approximate surface area is 216 Å². The van der Waals surface area contributed by atoms with Gasteiger partial charge in [0.25, 0.3) is 15.9 Å². The van der Waals surface area contributed by atoms with E-state index in [0.29, 0.717) is 29.6 Å². The molecular formula is C25H32N2O5S3. The fourth-order valence-electron chi connectivity index (χ4n) is 3.52. The topological polar surface area (TPSA) is 85.3 Å². The van der Waals surface area contributed by atoms with Gasteiger partial charge in [0.2, 0.25) is 0 Å². The number of thioether (sulfide) groups is 1. The molecule has 0 spiro atoms. The predicted octanol–water partition coefficient (Wildman–Crippen LogP) is 6.18. The molecule has 7 nitrogen and oxygen atoms in total. The monoisotopic (exact) mass is 536 g/mol. The SMILES string of the molecule is CCCCCCCCOc1cc(C=C2SC(=NS(=O)(=O)c3cccs3)N(CC)C2=O)ccc1OC. The summed E-state index contributed by atoms with van der Waals surface area (Å²) in [5, 5.41) is 1.84. The van der Waals surface area contributed by atoms with Crippen molar-refractivity contribution in [2.75, 3.05) is 20.3 Å². The van der Waals surface area contributed by atoms with Crippen molar-refractivity contribution < 1.29 is 22.7 Å². The number of rotatable bonds is 13. The first-order valence-electron chi connectivity index (χ1n) is 11.8. The number of ether oxygens (including phenoxy) is 2. The van der Waals surface area contributed by atoms with Crippen molar-refractivity contribution in [3.8, 4) is 11.5 Å². The van der Waals surface area contributed by atoms with E-state index in [0.717, 1.165) is 41.5 Å². The van der Waals surface area contributed by atoms with Crippen LogP contribution in [0.4, 0.5) is 0 Å². The van der Waals surface area contributed by atoms with Crippen molar-refractivity contribution in [1.29, 1.82) is 0 Å². The maximum absolute atomic E-state index is 13.0. The number of likely N-dealkylation sites (N-methyl/N-ethyl adjacent to an activating group) is 1. The van der Waals surface area contributed by atoms with Gasteiger partial charge >= 0.3 is 0 Å². The van der Waals surface area contributed by atoms with Crippen LogP contribution < -0.4 is 9.47 Å². The van der Waals surface area contributed by atoms with Crippen molar-refractivity contribution in [3.63, 3.8) is 0 Å². The summed E-state index contributed by atoms with van der Waals surface area (Å²) >= 11 is 2.15. The molecule has 1 aliphatic heterocycles. The van der Waals surface area contributed by atoms with Gasteiger partial charge in [-0.25, -0.2) is 0 Å². The minimum atomic E-state index is -3.87. The van der Waals surface area contributed by atoms with Gasteiger partial charge in [0.1, 0.15) is 4.21 Å². The first-order chi connectivity index (χ1) is 16.9. The van der Waals surface area contributed by atoms with E-state index < -0.39 is 10.0 Å². The van der Waals surface area contributed by atoms with Crippen LogP contribution in [0.3, 0.4) is 0 Å². The van der Waals surface area contributed by atoms with Crippen LogP contribution in [0, 0.1) is 0 Å². The molecule has 35 heavy (non-hydrogen) atoms. The van der Waals surface area contributed by atoms with E-state index in [1.807, 2.05) is 12.1 Å². The second kappa shape index (κ2) is 13.1. The van der Waals surface area contributed by atoms with Crippen molar-refractivity contribution in [2.24, 2.45) is 4.40 Å². The fraction of sp³-hybridized carbons (Fsp3) is 0.440. The molecule has 0 N–H and O–H groups in total. The molecule has 0 bridgehead atoms. The van der Waals surface area contributed by atoms with Crippen LogP contribution in [-0.4, -0.2) is 44.7 Å².